The average Bonchev–Trinajstić information content (AvgIpc) is 0.754. The Balaban J connectivity index is 0.970. The zero-order valence-corrected chi connectivity index (χ0v) is 70.2. The number of aliphatic hydroxyl groups is 18. The zero-order chi connectivity index (χ0) is 94.3. The van der Waals surface area contributed by atoms with Crippen LogP contribution >= 0.6 is 0 Å². The third-order valence-corrected chi connectivity index (χ3v) is 23.7. The summed E-state index contributed by atoms with van der Waals surface area (Å²) in [7, 11) is -31.2. The van der Waals surface area contributed by atoms with E-state index in [0.29, 0.717) is 0 Å². The summed E-state index contributed by atoms with van der Waals surface area (Å²) in [6.45, 7) is -7.78. The summed E-state index contributed by atoms with van der Waals surface area (Å²) in [6.07, 6.45) is -106. The minimum atomic E-state index is -5.73. The van der Waals surface area contributed by atoms with E-state index in [9.17, 15) is 170 Å². The fraction of sp³-hybridized carbons (Fsp3) is 1.00. The lowest BCUT2D eigenvalue weighted by Crippen LogP contribution is -2.68. The molecule has 0 aromatic rings. The van der Waals surface area contributed by atoms with Crippen molar-refractivity contribution < 1.29 is 294 Å². The molecule has 10 rings (SSSR count). The van der Waals surface area contributed by atoms with Crippen LogP contribution in [0.2, 0.25) is 0 Å². The molecule has 0 amide bonds. The predicted molar refractivity (Wildman–Crippen MR) is 375 cm³/mol. The van der Waals surface area contributed by atoms with E-state index in [0.717, 1.165) is 28.1 Å². The number of hydrogen-bond acceptors (Lipinski definition) is 57. The van der Waals surface area contributed by atoms with Gasteiger partial charge >= 0.3 is 62.4 Å². The van der Waals surface area contributed by atoms with Gasteiger partial charge in [-0.25, -0.2) is 25.1 Å². The SMILES string of the molecule is COC1C(O)C(COS(=O)(=O)O)OC(OC2C(O)C(COS(=O)(=O)O)OC(OC3C(C)OC(OC4C(OC5OCC(OS(=O)(=O)O)C(O)C5OC5OC(C)C(OC6OC(COS(=O)(=O)O)C(O)C(OC7OC(COS(=O)(=O)O)C(O)C(OC)C7O)C6O)C(O)C5OC5OCC(O)C(O)C5O)OCC(OS(=O)(=O)O)C4O)C(OC4OCC(O)C(O)C4O)C3O)C2O)C1O. The van der Waals surface area contributed by atoms with E-state index in [1.165, 1.54) is 0 Å². The van der Waals surface area contributed by atoms with Crippen LogP contribution in [0, 0.1) is 0 Å². The van der Waals surface area contributed by atoms with Crippen LogP contribution in [0.1, 0.15) is 13.8 Å². The Morgan fingerprint density at radius 2 is 0.480 bits per heavy atom. The van der Waals surface area contributed by atoms with Crippen LogP contribution < -0.4 is 0 Å². The average molecular weight is 2000 g/mol. The molecule has 10 fully saturated rings. The fourth-order valence-corrected chi connectivity index (χ4v) is 16.8. The van der Waals surface area contributed by atoms with E-state index in [1.807, 2.05) is 0 Å². The van der Waals surface area contributed by atoms with Crippen molar-refractivity contribution in [2.75, 3.05) is 67.1 Å². The second-order valence-electron chi connectivity index (χ2n) is 29.7. The van der Waals surface area contributed by atoms with Crippen molar-refractivity contribution in [2.45, 2.75) is 296 Å². The molecule has 0 radical (unpaired) electrons. The van der Waals surface area contributed by atoms with Crippen molar-refractivity contribution in [1.82, 2.24) is 0 Å². The summed E-state index contributed by atoms with van der Waals surface area (Å²) < 4.78 is 349. The first-order valence-electron chi connectivity index (χ1n) is 37.2. The predicted octanol–water partition coefficient (Wildman–Crippen LogP) is -17.9. The van der Waals surface area contributed by atoms with Crippen LogP contribution in [0.4, 0.5) is 0 Å². The molecule has 24 N–H and O–H groups in total. The molecule has 0 aliphatic carbocycles. The second kappa shape index (κ2) is 43.6. The molecule has 0 aromatic heterocycles. The summed E-state index contributed by atoms with van der Waals surface area (Å²) in [4.78, 5) is 0. The number of ether oxygens (including phenoxy) is 21. The molecule has 0 saturated carbocycles. The quantitative estimate of drug-likeness (QED) is 0.0259. The first-order valence-corrected chi connectivity index (χ1v) is 45.4. The molecule has 0 aromatic carbocycles. The van der Waals surface area contributed by atoms with Crippen LogP contribution in [-0.4, -0.2) is 519 Å². The van der Waals surface area contributed by atoms with Gasteiger partial charge in [-0.15, -0.1) is 0 Å². The lowest BCUT2D eigenvalue weighted by molar-refractivity contribution is -0.418. The van der Waals surface area contributed by atoms with Gasteiger partial charge in [-0.3, -0.25) is 27.3 Å². The molecule has 46 unspecified atom stereocenters. The minimum absolute atomic E-state index is 0.906. The van der Waals surface area contributed by atoms with E-state index in [2.05, 4.69) is 25.1 Å². The Labute approximate surface area is 717 Å². The van der Waals surface area contributed by atoms with Gasteiger partial charge in [0.15, 0.2) is 62.9 Å². The van der Waals surface area contributed by atoms with E-state index < -0.39 is 398 Å². The number of hydrogen-bond donors (Lipinski definition) is 24. The van der Waals surface area contributed by atoms with Gasteiger partial charge in [-0.2, -0.15) is 50.5 Å². The largest absolute Gasteiger partial charge is 0.397 e. The van der Waals surface area contributed by atoms with Gasteiger partial charge in [0.05, 0.1) is 65.1 Å². The topological polar surface area (TPSA) is 940 Å². The normalized spacial score (nSPS) is 46.9. The third-order valence-electron chi connectivity index (χ3n) is 21.0. The van der Waals surface area contributed by atoms with Crippen molar-refractivity contribution in [3.05, 3.63) is 0 Å². The molecule has 10 aliphatic heterocycles. The van der Waals surface area contributed by atoms with Gasteiger partial charge in [-0.1, -0.05) is 0 Å². The summed E-state index contributed by atoms with van der Waals surface area (Å²) in [6, 6.07) is 0. The lowest BCUT2D eigenvalue weighted by Gasteiger charge is -2.51. The Kier molecular flexibility index (Phi) is 36.6. The molecule has 0 spiro atoms. The number of aliphatic hydroxyl groups excluding tert-OH is 18. The fourth-order valence-electron chi connectivity index (χ4n) is 14.7. The van der Waals surface area contributed by atoms with Gasteiger partial charge in [0, 0.05) is 14.2 Å². The van der Waals surface area contributed by atoms with Crippen LogP contribution in [0.5, 0.6) is 0 Å². The molecule has 63 nitrogen and oxygen atoms in total. The lowest BCUT2D eigenvalue weighted by atomic mass is 9.95. The molecule has 10 aliphatic rings. The summed E-state index contributed by atoms with van der Waals surface area (Å²) in [5.74, 6) is 0. The van der Waals surface area contributed by atoms with Crippen LogP contribution in [0.25, 0.3) is 0 Å². The molecule has 0 bridgehead atoms. The van der Waals surface area contributed by atoms with E-state index in [4.69, 9.17) is 99.5 Å². The molecular formula is C58H98O63S6. The molecule has 69 heteroatoms. The maximum absolute atomic E-state index is 12.6. The highest BCUT2D eigenvalue weighted by Crippen LogP contribution is 2.42. The van der Waals surface area contributed by atoms with Gasteiger partial charge < -0.3 is 191 Å². The molecule has 744 valence electrons. The molecule has 10 saturated heterocycles. The van der Waals surface area contributed by atoms with Crippen molar-refractivity contribution in [3.63, 3.8) is 0 Å². The number of rotatable bonds is 36. The minimum Gasteiger partial charge on any atom is -0.388 e. The van der Waals surface area contributed by atoms with Crippen molar-refractivity contribution >= 4 is 62.4 Å². The highest BCUT2D eigenvalue weighted by Gasteiger charge is 2.62. The van der Waals surface area contributed by atoms with E-state index >= 15 is 0 Å². The smallest absolute Gasteiger partial charge is 0.388 e. The van der Waals surface area contributed by atoms with Crippen LogP contribution in [0.3, 0.4) is 0 Å². The molecular weight excluding hydrogens is 1900 g/mol. The molecule has 127 heavy (non-hydrogen) atoms. The van der Waals surface area contributed by atoms with Crippen molar-refractivity contribution in [2.24, 2.45) is 0 Å². The van der Waals surface area contributed by atoms with Gasteiger partial charge in [-0.05, 0) is 13.8 Å². The Morgan fingerprint density at radius 3 is 0.756 bits per heavy atom. The highest BCUT2D eigenvalue weighted by atomic mass is 32.3. The number of methoxy groups -OCH3 is 2. The molecule has 10 heterocycles. The summed E-state index contributed by atoms with van der Waals surface area (Å²) in [5.41, 5.74) is 0. The maximum atomic E-state index is 12.6. The molecule has 46 atom stereocenters. The summed E-state index contributed by atoms with van der Waals surface area (Å²) in [5, 5.41) is 206. The third kappa shape index (κ3) is 27.1. The van der Waals surface area contributed by atoms with Gasteiger partial charge in [0.2, 0.25) is 0 Å². The highest BCUT2D eigenvalue weighted by molar-refractivity contribution is 7.82. The van der Waals surface area contributed by atoms with Crippen LogP contribution in [-0.2, 0) is 187 Å². The maximum Gasteiger partial charge on any atom is 0.397 e. The standard InChI is InChI=1S/C58H98O63S6/c1-13-39(111-53-37(75)43(27(65)19(109-53)11-103-124(83,84)85)113-51-35(73)41(95-3)25(63)17(107-51)9-101-122(77,78)79)33(71)47(115-49-31(69)23(61)15(59)5-97-49)57(105-13)117-45-29(67)21(120-126(89,90)91)7-99-55(45)119-56-46(30(68)22(8-100-56)121-127(92,93)94)118-58-48(116-50-32(70)24(62)16(60)6-98-50)34(72)40(14(2)106-58)112-54-38(76)44(28(66)20(110-54)12-104-125(86,87)88)114-52-36(74)42(96-4)26(64)18(108-52)10-102-123(80,81)82/h13-76H,5-12H2,1-4H3,(H,77,78,79)(H,80,81,82)(H,83,84,85)(H,86,87,88)(H,89,90,91)(H,92,93,94). The zero-order valence-electron chi connectivity index (χ0n) is 65.3. The Bertz CT molecular complexity index is 3970. The summed E-state index contributed by atoms with van der Waals surface area (Å²) >= 11 is 0. The van der Waals surface area contributed by atoms with Crippen LogP contribution in [0.15, 0.2) is 0 Å². The first kappa shape index (κ1) is 107. The van der Waals surface area contributed by atoms with Gasteiger partial charge in [0.25, 0.3) is 0 Å². The van der Waals surface area contributed by atoms with E-state index in [1.54, 1.807) is 0 Å². The van der Waals surface area contributed by atoms with Crippen molar-refractivity contribution in [3.8, 4) is 0 Å². The van der Waals surface area contributed by atoms with E-state index in [-0.39, 0.29) is 0 Å². The van der Waals surface area contributed by atoms with Gasteiger partial charge in [0.1, 0.15) is 208 Å². The first-order chi connectivity index (χ1) is 58.9. The second-order valence-corrected chi connectivity index (χ2v) is 36.2. The van der Waals surface area contributed by atoms with Crippen molar-refractivity contribution in [1.29, 1.82) is 0 Å². The Hall–Kier alpha value is -2.34. The Morgan fingerprint density at radius 1 is 0.236 bits per heavy atom. The monoisotopic (exact) mass is 1990 g/mol.